The number of rotatable bonds is 7. The first-order valence-corrected chi connectivity index (χ1v) is 12.4. The maximum absolute atomic E-state index is 12.9. The first kappa shape index (κ1) is 23.5. The Kier molecular flexibility index (Phi) is 6.86. The van der Waals surface area contributed by atoms with Gasteiger partial charge in [0.1, 0.15) is 18.3 Å². The zero-order valence-electron chi connectivity index (χ0n) is 18.0. The van der Waals surface area contributed by atoms with Gasteiger partial charge in [0.2, 0.25) is 5.91 Å². The van der Waals surface area contributed by atoms with Gasteiger partial charge < -0.3 is 15.2 Å². The van der Waals surface area contributed by atoms with Crippen molar-refractivity contribution in [1.29, 1.82) is 0 Å². The molecule has 2 saturated heterocycles. The molecule has 0 bridgehead atoms. The van der Waals surface area contributed by atoms with E-state index in [4.69, 9.17) is 28.8 Å². The second kappa shape index (κ2) is 9.32. The van der Waals surface area contributed by atoms with E-state index in [9.17, 15) is 18.9 Å². The SMILES string of the molecule is C[C@@]1(N)[C@@H]2O[P@@](=O)(OCCCC(=O)OC3CCCC3)OC[C@H]2O[C@H]1N1C=CC(=O)CC1=O. The van der Waals surface area contributed by atoms with Gasteiger partial charge in [-0.05, 0) is 45.1 Å². The monoisotopic (exact) mass is 472 g/mol. The predicted octanol–water partition coefficient (Wildman–Crippen LogP) is 1.55. The van der Waals surface area contributed by atoms with E-state index in [1.807, 2.05) is 0 Å². The molecule has 0 radical (unpaired) electrons. The van der Waals surface area contributed by atoms with Crippen molar-refractivity contribution < 1.29 is 42.0 Å². The summed E-state index contributed by atoms with van der Waals surface area (Å²) in [6.07, 6.45) is 4.29. The number of nitrogens with two attached hydrogens (primary N) is 1. The Hall–Kier alpha value is -1.62. The molecule has 1 amide bonds. The van der Waals surface area contributed by atoms with Gasteiger partial charge in [-0.25, -0.2) is 4.57 Å². The number of phosphoric acid groups is 1. The van der Waals surface area contributed by atoms with Gasteiger partial charge in [-0.3, -0.25) is 32.9 Å². The molecule has 0 unspecified atom stereocenters. The Balaban J connectivity index is 1.29. The Morgan fingerprint density at radius 2 is 2.09 bits per heavy atom. The quantitative estimate of drug-likeness (QED) is 0.251. The van der Waals surface area contributed by atoms with Gasteiger partial charge in [-0.2, -0.15) is 0 Å². The number of ketones is 1. The van der Waals surface area contributed by atoms with Crippen LogP contribution in [-0.2, 0) is 42.0 Å². The standard InChI is InChI=1S/C20H29N2O9P/c1-20(21)18-15(30-19(20)22-9-8-13(23)11-16(22)24)12-28-32(26,31-18)27-10-4-7-17(25)29-14-5-2-3-6-14/h8-9,14-15,18-19H,2-7,10-12,21H2,1H3/t15-,18-,19-,20-,32+/m1/s1. The number of allylic oxidation sites excluding steroid dienone is 1. The number of carbonyl (C=O) groups is 3. The molecule has 4 rings (SSSR count). The van der Waals surface area contributed by atoms with Crippen molar-refractivity contribution in [1.82, 2.24) is 4.90 Å². The fourth-order valence-corrected chi connectivity index (χ4v) is 5.92. The molecule has 3 heterocycles. The van der Waals surface area contributed by atoms with Gasteiger partial charge in [-0.1, -0.05) is 0 Å². The summed E-state index contributed by atoms with van der Waals surface area (Å²) in [4.78, 5) is 36.9. The Morgan fingerprint density at radius 1 is 1.34 bits per heavy atom. The van der Waals surface area contributed by atoms with Crippen molar-refractivity contribution in [3.63, 3.8) is 0 Å². The second-order valence-electron chi connectivity index (χ2n) is 8.75. The fourth-order valence-electron chi connectivity index (χ4n) is 4.40. The third-order valence-corrected chi connectivity index (χ3v) is 7.54. The zero-order chi connectivity index (χ0) is 22.9. The van der Waals surface area contributed by atoms with Gasteiger partial charge in [0.25, 0.3) is 0 Å². The van der Waals surface area contributed by atoms with Gasteiger partial charge >= 0.3 is 13.8 Å². The minimum atomic E-state index is -3.93. The van der Waals surface area contributed by atoms with Crippen LogP contribution in [0.15, 0.2) is 12.3 Å². The van der Waals surface area contributed by atoms with Crippen molar-refractivity contribution in [2.45, 2.75) is 81.9 Å². The highest BCUT2D eigenvalue weighted by molar-refractivity contribution is 7.48. The van der Waals surface area contributed by atoms with Crippen LogP contribution in [0.1, 0.15) is 51.9 Å². The van der Waals surface area contributed by atoms with Crippen molar-refractivity contribution in [2.75, 3.05) is 13.2 Å². The van der Waals surface area contributed by atoms with E-state index < -0.39 is 37.7 Å². The molecular weight excluding hydrogens is 443 g/mol. The summed E-state index contributed by atoms with van der Waals surface area (Å²) in [6, 6.07) is 0. The van der Waals surface area contributed by atoms with E-state index in [1.165, 1.54) is 17.2 Å². The van der Waals surface area contributed by atoms with Crippen LogP contribution in [0.5, 0.6) is 0 Å². The van der Waals surface area contributed by atoms with Crippen LogP contribution in [0.3, 0.4) is 0 Å². The first-order valence-electron chi connectivity index (χ1n) is 10.9. The molecule has 0 spiro atoms. The molecule has 3 aliphatic heterocycles. The van der Waals surface area contributed by atoms with Crippen LogP contribution >= 0.6 is 7.82 Å². The summed E-state index contributed by atoms with van der Waals surface area (Å²) in [6.45, 7) is 1.50. The minimum Gasteiger partial charge on any atom is -0.462 e. The fraction of sp³-hybridized carbons (Fsp3) is 0.750. The van der Waals surface area contributed by atoms with Crippen LogP contribution in [-0.4, -0.2) is 65.9 Å². The minimum absolute atomic E-state index is 0.000934. The molecule has 12 heteroatoms. The van der Waals surface area contributed by atoms with Crippen molar-refractivity contribution >= 4 is 25.5 Å². The molecular formula is C20H29N2O9P. The molecule has 2 N–H and O–H groups in total. The van der Waals surface area contributed by atoms with Crippen LogP contribution < -0.4 is 5.73 Å². The number of hydrogen-bond donors (Lipinski definition) is 1. The van der Waals surface area contributed by atoms with Crippen LogP contribution in [0.4, 0.5) is 0 Å². The largest absolute Gasteiger partial charge is 0.475 e. The third kappa shape index (κ3) is 4.98. The highest BCUT2D eigenvalue weighted by Crippen LogP contribution is 2.57. The number of ether oxygens (including phenoxy) is 2. The van der Waals surface area contributed by atoms with E-state index in [-0.39, 0.29) is 43.9 Å². The topological polar surface area (TPSA) is 144 Å². The highest BCUT2D eigenvalue weighted by Gasteiger charge is 2.60. The van der Waals surface area contributed by atoms with Crippen LogP contribution in [0, 0.1) is 0 Å². The molecule has 5 atom stereocenters. The molecule has 0 aromatic carbocycles. The number of fused-ring (bicyclic) bond motifs is 1. The van der Waals surface area contributed by atoms with E-state index in [0.717, 1.165) is 25.7 Å². The molecule has 11 nitrogen and oxygen atoms in total. The molecule has 3 fully saturated rings. The predicted molar refractivity (Wildman–Crippen MR) is 109 cm³/mol. The molecule has 1 aliphatic carbocycles. The van der Waals surface area contributed by atoms with Crippen LogP contribution in [0.2, 0.25) is 0 Å². The number of esters is 1. The Labute approximate surface area is 186 Å². The number of nitrogens with zero attached hydrogens (tertiary/aromatic N) is 1. The smallest absolute Gasteiger partial charge is 0.462 e. The van der Waals surface area contributed by atoms with Crippen molar-refractivity contribution in [3.05, 3.63) is 12.3 Å². The Bertz CT molecular complexity index is 839. The van der Waals surface area contributed by atoms with Crippen molar-refractivity contribution in [2.24, 2.45) is 5.73 Å². The molecule has 0 aromatic heterocycles. The molecule has 1 saturated carbocycles. The van der Waals surface area contributed by atoms with Gasteiger partial charge in [0.15, 0.2) is 12.0 Å². The van der Waals surface area contributed by atoms with E-state index in [2.05, 4.69) is 0 Å². The third-order valence-electron chi connectivity index (χ3n) is 6.09. The number of amides is 1. The Morgan fingerprint density at radius 3 is 2.81 bits per heavy atom. The van der Waals surface area contributed by atoms with Gasteiger partial charge in [0.05, 0.1) is 25.2 Å². The molecule has 178 valence electrons. The lowest BCUT2D eigenvalue weighted by atomic mass is 9.92. The lowest BCUT2D eigenvalue weighted by Gasteiger charge is -2.38. The van der Waals surface area contributed by atoms with Gasteiger partial charge in [-0.15, -0.1) is 0 Å². The highest BCUT2D eigenvalue weighted by atomic mass is 31.2. The van der Waals surface area contributed by atoms with E-state index >= 15 is 0 Å². The number of phosphoric ester groups is 1. The zero-order valence-corrected chi connectivity index (χ0v) is 18.9. The van der Waals surface area contributed by atoms with Crippen LogP contribution in [0.25, 0.3) is 0 Å². The molecule has 0 aromatic rings. The second-order valence-corrected chi connectivity index (χ2v) is 10.4. The first-order chi connectivity index (χ1) is 15.2. The summed E-state index contributed by atoms with van der Waals surface area (Å²) >= 11 is 0. The summed E-state index contributed by atoms with van der Waals surface area (Å²) in [5.74, 6) is -1.05. The lowest BCUT2D eigenvalue weighted by Crippen LogP contribution is -2.60. The number of hydrogen-bond acceptors (Lipinski definition) is 10. The van der Waals surface area contributed by atoms with Crippen molar-refractivity contribution in [3.8, 4) is 0 Å². The summed E-state index contributed by atoms with van der Waals surface area (Å²) in [5, 5.41) is 0. The molecule has 32 heavy (non-hydrogen) atoms. The lowest BCUT2D eigenvalue weighted by molar-refractivity contribution is -0.149. The van der Waals surface area contributed by atoms with E-state index in [1.54, 1.807) is 6.92 Å². The van der Waals surface area contributed by atoms with E-state index in [0.29, 0.717) is 6.42 Å². The van der Waals surface area contributed by atoms with Gasteiger partial charge in [0, 0.05) is 12.6 Å². The number of carbonyl (C=O) groups excluding carboxylic acids is 3. The maximum atomic E-state index is 12.9. The maximum Gasteiger partial charge on any atom is 0.475 e. The average Bonchev–Trinajstić information content (AvgIpc) is 3.32. The summed E-state index contributed by atoms with van der Waals surface area (Å²) in [7, 11) is -3.93. The summed E-state index contributed by atoms with van der Waals surface area (Å²) < 4.78 is 40.5. The summed E-state index contributed by atoms with van der Waals surface area (Å²) in [5.41, 5.74) is 5.20. The average molecular weight is 472 g/mol. The molecule has 4 aliphatic rings. The normalized spacial score (nSPS) is 37.7.